The third-order valence-electron chi connectivity index (χ3n) is 30.9. The molecule has 8 aromatic carbocycles. The summed E-state index contributed by atoms with van der Waals surface area (Å²) < 4.78 is 0. The smallest absolute Gasteiger partial charge is 0.00414 e. The Bertz CT molecular complexity index is 4250. The average molecular weight is 1470 g/mol. The second kappa shape index (κ2) is 38.3. The molecule has 11 fully saturated rings. The van der Waals surface area contributed by atoms with Crippen molar-refractivity contribution in [2.24, 2.45) is 41.4 Å². The lowest BCUT2D eigenvalue weighted by Gasteiger charge is -2.55. The van der Waals surface area contributed by atoms with E-state index in [1.807, 2.05) is 0 Å². The summed E-state index contributed by atoms with van der Waals surface area (Å²) in [6, 6.07) is 54.0. The highest BCUT2D eigenvalue weighted by Gasteiger charge is 2.49. The molecule has 11 aliphatic carbocycles. The highest BCUT2D eigenvalue weighted by molar-refractivity contribution is 5.44. The highest BCUT2D eigenvalue weighted by Crippen LogP contribution is 2.61. The van der Waals surface area contributed by atoms with Crippen LogP contribution < -0.4 is 0 Å². The summed E-state index contributed by atoms with van der Waals surface area (Å²) in [6.07, 6.45) is 38.0. The lowest BCUT2D eigenvalue weighted by Crippen LogP contribution is -2.44. The molecule has 0 nitrogen and oxygen atoms in total. The molecule has 0 amide bonds. The van der Waals surface area contributed by atoms with E-state index in [0.717, 1.165) is 71.0 Å². The Kier molecular flexibility index (Phi) is 29.5. The van der Waals surface area contributed by atoms with E-state index in [2.05, 4.69) is 291 Å². The van der Waals surface area contributed by atoms with Gasteiger partial charge in [-0.05, 0) is 454 Å². The van der Waals surface area contributed by atoms with Gasteiger partial charge >= 0.3 is 0 Å². The minimum Gasteiger partial charge on any atom is -0.0617 e. The van der Waals surface area contributed by atoms with Gasteiger partial charge < -0.3 is 0 Å². The van der Waals surface area contributed by atoms with Crippen LogP contribution in [-0.2, 0) is 10.8 Å². The molecule has 11 saturated carbocycles. The maximum absolute atomic E-state index is 2.43. The van der Waals surface area contributed by atoms with E-state index in [4.69, 9.17) is 0 Å². The Labute approximate surface area is 674 Å². The van der Waals surface area contributed by atoms with Crippen molar-refractivity contribution in [1.82, 2.24) is 0 Å². The van der Waals surface area contributed by atoms with Crippen molar-refractivity contribution >= 4 is 0 Å². The van der Waals surface area contributed by atoms with Crippen LogP contribution in [0.5, 0.6) is 0 Å². The Hall–Kier alpha value is -6.24. The second-order valence-electron chi connectivity index (χ2n) is 39.2. The molecule has 3 atom stereocenters. The number of benzene rings is 8. The average Bonchev–Trinajstić information content (AvgIpc) is 1.27. The molecular weight excluding hydrogens is 1320 g/mol. The van der Waals surface area contributed by atoms with Gasteiger partial charge in [-0.1, -0.05) is 225 Å². The molecular formula is C110H152. The van der Waals surface area contributed by atoms with Crippen molar-refractivity contribution in [1.29, 1.82) is 0 Å². The summed E-state index contributed by atoms with van der Waals surface area (Å²) in [4.78, 5) is 0. The fourth-order valence-electron chi connectivity index (χ4n) is 23.2. The molecule has 0 aromatic heterocycles. The Morgan fingerprint density at radius 3 is 1.04 bits per heavy atom. The van der Waals surface area contributed by atoms with Gasteiger partial charge in [0.25, 0.3) is 0 Å². The summed E-state index contributed by atoms with van der Waals surface area (Å²) in [5, 5.41) is 0. The molecule has 0 N–H and O–H groups in total. The third-order valence-corrected chi connectivity index (χ3v) is 30.9. The van der Waals surface area contributed by atoms with Crippen molar-refractivity contribution in [2.75, 3.05) is 0 Å². The molecule has 0 saturated heterocycles. The first-order chi connectivity index (χ1) is 52.6. The molecule has 110 heavy (non-hydrogen) atoms. The number of aryl methyl sites for hydroxylation is 8. The van der Waals surface area contributed by atoms with Gasteiger partial charge in [0.05, 0.1) is 0 Å². The standard InChI is InChI=1S/C18H24.2C15H20.C14H20.C13H18.C12H16.C12H18.C11H16/c1-11-4-3-5-17(12(11)2)18-15-7-13-6-14(9-15)10-16(18)8-13;1-11-4-3-5-14(12(11)2)15-8-6-13(10-15)7-9-15;1-10-4-3-5-14(11(10)2)15-9-12-6-7-13(15)8-12;1-11-7-6-10-14(12(11)2)13-8-4-3-5-9-13;1-10-6-5-9-13(11(10)2)12-7-3-4-8-12;1-9-5-3-8-12(10(9)2)11-6-4-7-11;1-9-7-6-8-11(10(9)2)12(3,4)5;1-8(2)11-7-5-6-9(3)10(11)4/h3-5,13-16,18H,6-10H2,1-2H3;3-5,13H,6-10H2,1-2H3;3-5,12-13,15H,6-9H2,1-2H3;6-7,10,13H,3-5,8-9H2,1-2H3;5-6,9,12H,3-4,7-8H2,1-2H3;3,5,8,11H,4,6-7H2,1-2H3;6-8H,1-5H3;5-8H,1-4H3. The van der Waals surface area contributed by atoms with Crippen LogP contribution >= 0.6 is 0 Å². The lowest BCUT2D eigenvalue weighted by molar-refractivity contribution is -0.00299. The zero-order chi connectivity index (χ0) is 78.7. The van der Waals surface area contributed by atoms with Crippen molar-refractivity contribution in [2.45, 2.75) is 359 Å². The monoisotopic (exact) mass is 1470 g/mol. The Morgan fingerprint density at radius 1 is 0.291 bits per heavy atom. The van der Waals surface area contributed by atoms with Gasteiger partial charge in [0.2, 0.25) is 0 Å². The maximum atomic E-state index is 2.43. The molecule has 592 valence electrons. The minimum absolute atomic E-state index is 0.274. The first-order valence-electron chi connectivity index (χ1n) is 45.1. The third kappa shape index (κ3) is 20.5. The topological polar surface area (TPSA) is 0 Å². The van der Waals surface area contributed by atoms with Crippen LogP contribution in [0, 0.1) is 152 Å². The van der Waals surface area contributed by atoms with Gasteiger partial charge in [-0.3, -0.25) is 0 Å². The predicted molar refractivity (Wildman–Crippen MR) is 480 cm³/mol. The summed E-state index contributed by atoms with van der Waals surface area (Å²) in [5.41, 5.74) is 37.3. The van der Waals surface area contributed by atoms with E-state index >= 15 is 0 Å². The molecule has 0 aliphatic heterocycles. The quantitative estimate of drug-likeness (QED) is 0.149. The molecule has 8 aromatic rings. The van der Waals surface area contributed by atoms with Crippen molar-refractivity contribution in [3.63, 3.8) is 0 Å². The molecule has 0 heteroatoms. The molecule has 0 radical (unpaired) electrons. The summed E-state index contributed by atoms with van der Waals surface area (Å²) in [5.74, 6) is 12.4. The van der Waals surface area contributed by atoms with Crippen LogP contribution in [0.15, 0.2) is 146 Å². The predicted octanol–water partition coefficient (Wildman–Crippen LogP) is 32.1. The fourth-order valence-corrected chi connectivity index (χ4v) is 23.2. The number of hydrogen-bond acceptors (Lipinski definition) is 0. The van der Waals surface area contributed by atoms with Gasteiger partial charge in [-0.2, -0.15) is 0 Å². The fraction of sp³-hybridized carbons (Fsp3) is 0.564. The van der Waals surface area contributed by atoms with Crippen LogP contribution in [0.4, 0.5) is 0 Å². The van der Waals surface area contributed by atoms with E-state index in [-0.39, 0.29) is 5.41 Å². The Morgan fingerprint density at radius 2 is 0.655 bits per heavy atom. The normalized spacial score (nSPS) is 24.7. The molecule has 11 aliphatic rings. The van der Waals surface area contributed by atoms with Crippen molar-refractivity contribution in [3.8, 4) is 0 Å². The van der Waals surface area contributed by atoms with E-state index in [1.165, 1.54) is 244 Å². The van der Waals surface area contributed by atoms with Crippen molar-refractivity contribution in [3.05, 3.63) is 279 Å². The van der Waals surface area contributed by atoms with Gasteiger partial charge in [0.15, 0.2) is 0 Å². The highest BCUT2D eigenvalue weighted by atomic mass is 14.5. The van der Waals surface area contributed by atoms with Crippen molar-refractivity contribution < 1.29 is 0 Å². The van der Waals surface area contributed by atoms with E-state index in [1.54, 1.807) is 56.5 Å². The van der Waals surface area contributed by atoms with Crippen LogP contribution in [0.2, 0.25) is 0 Å². The molecule has 0 heterocycles. The van der Waals surface area contributed by atoms with Gasteiger partial charge in [0, 0.05) is 0 Å². The molecule has 0 spiro atoms. The summed E-state index contributed by atoms with van der Waals surface area (Å²) in [6.45, 7) is 47.2. The zero-order valence-corrected chi connectivity index (χ0v) is 73.7. The maximum Gasteiger partial charge on any atom is -0.00414 e. The zero-order valence-electron chi connectivity index (χ0n) is 73.7. The van der Waals surface area contributed by atoms with Crippen LogP contribution in [0.25, 0.3) is 0 Å². The summed E-state index contributed by atoms with van der Waals surface area (Å²) in [7, 11) is 0. The molecule has 19 rings (SSSR count). The van der Waals surface area contributed by atoms with Crippen LogP contribution in [-0.4, -0.2) is 0 Å². The largest absolute Gasteiger partial charge is 0.0617 e. The van der Waals surface area contributed by atoms with Gasteiger partial charge in [-0.25, -0.2) is 0 Å². The number of fused-ring (bicyclic) bond motifs is 4. The Balaban J connectivity index is 0.000000125. The van der Waals surface area contributed by atoms with E-state index in [0.29, 0.717) is 11.3 Å². The SMILES string of the molecule is Cc1cccc(C(C)(C)C)c1C.Cc1cccc(C(C)C)c1C.Cc1cccc(C23CCC(CC2)C3)c1C.Cc1cccc(C2C3CC4CC(C3)CC2C4)c1C.Cc1cccc(C2CC3CCC2C3)c1C.Cc1cccc(C2CCC2)c1C.Cc1cccc(C2CCCC2)c1C.Cc1cccc(C2CCCCC2)c1C. The van der Waals surface area contributed by atoms with E-state index < -0.39 is 0 Å². The number of hydrogen-bond donors (Lipinski definition) is 0. The van der Waals surface area contributed by atoms with Gasteiger partial charge in [0.1, 0.15) is 0 Å². The first kappa shape index (κ1) is 84.7. The summed E-state index contributed by atoms with van der Waals surface area (Å²) >= 11 is 0. The van der Waals surface area contributed by atoms with Crippen LogP contribution in [0.3, 0.4) is 0 Å². The minimum atomic E-state index is 0.274. The first-order valence-corrected chi connectivity index (χ1v) is 45.1. The lowest BCUT2D eigenvalue weighted by atomic mass is 9.50. The van der Waals surface area contributed by atoms with E-state index in [9.17, 15) is 0 Å². The van der Waals surface area contributed by atoms with Gasteiger partial charge in [-0.15, -0.1) is 0 Å². The number of rotatable bonds is 7. The second-order valence-corrected chi connectivity index (χ2v) is 39.2. The van der Waals surface area contributed by atoms with Crippen LogP contribution in [0.1, 0.15) is 371 Å². The molecule has 3 unspecified atom stereocenters. The molecule has 8 bridgehead atoms.